The van der Waals surface area contributed by atoms with Gasteiger partial charge in [0.15, 0.2) is 5.65 Å². The Balaban J connectivity index is 1.53. The summed E-state index contributed by atoms with van der Waals surface area (Å²) in [4.78, 5) is 17.7. The van der Waals surface area contributed by atoms with Crippen LogP contribution in [0.4, 0.5) is 4.39 Å². The maximum Gasteiger partial charge on any atom is 0.221 e. The molecule has 0 unspecified atom stereocenters. The van der Waals surface area contributed by atoms with E-state index < -0.39 is 13.0 Å². The van der Waals surface area contributed by atoms with Gasteiger partial charge in [-0.05, 0) is 49.7 Å². The fraction of sp³-hybridized carbons (Fsp3) is 0.143. The Morgan fingerprint density at radius 2 is 1.90 bits per heavy atom. The highest BCUT2D eigenvalue weighted by Crippen LogP contribution is 2.35. The van der Waals surface area contributed by atoms with Crippen LogP contribution in [0.15, 0.2) is 54.9 Å². The largest absolute Gasteiger partial charge is 0.319 e. The van der Waals surface area contributed by atoms with E-state index in [1.807, 2.05) is 24.3 Å². The van der Waals surface area contributed by atoms with Crippen molar-refractivity contribution in [2.45, 2.75) is 6.54 Å². The second kappa shape index (κ2) is 7.28. The van der Waals surface area contributed by atoms with Crippen molar-refractivity contribution >= 4 is 34.8 Å². The Labute approximate surface area is 176 Å². The van der Waals surface area contributed by atoms with Gasteiger partial charge in [-0.15, -0.1) is 5.10 Å². The van der Waals surface area contributed by atoms with Gasteiger partial charge in [-0.1, -0.05) is 11.3 Å². The Bertz CT molecular complexity index is 1490. The molecule has 154 valence electrons. The summed E-state index contributed by atoms with van der Waals surface area (Å²) in [5.41, 5.74) is 3.74. The third kappa shape index (κ3) is 3.68. The molecule has 5 aromatic rings. The molecule has 0 aliphatic heterocycles. The molecule has 0 aliphatic rings. The number of hydrogen-bond acceptors (Lipinski definition) is 7. The molecule has 0 fully saturated rings. The molecule has 0 aliphatic carbocycles. The molecule has 0 N–H and O–H groups in total. The highest BCUT2D eigenvalue weighted by atomic mass is 31.2. The second-order valence-electron chi connectivity index (χ2n) is 7.51. The molecular formula is C21H17FN7OP. The first kappa shape index (κ1) is 19.4. The van der Waals surface area contributed by atoms with E-state index >= 15 is 0 Å². The zero-order valence-corrected chi connectivity index (χ0v) is 17.7. The lowest BCUT2D eigenvalue weighted by atomic mass is 10.1. The Morgan fingerprint density at radius 1 is 1.03 bits per heavy atom. The van der Waals surface area contributed by atoms with Gasteiger partial charge < -0.3 is 4.57 Å². The van der Waals surface area contributed by atoms with E-state index in [1.165, 1.54) is 12.3 Å². The lowest BCUT2D eigenvalue weighted by molar-refractivity contribution is 0.587. The first-order chi connectivity index (χ1) is 14.9. The maximum atomic E-state index is 14.7. The molecule has 31 heavy (non-hydrogen) atoms. The SMILES string of the molecule is CP(C)(=O)c1ccc(-c2cnc3nnn(Cc4ccc5ncccc5n4)c3n2)c(F)c1. The molecule has 5 rings (SSSR count). The summed E-state index contributed by atoms with van der Waals surface area (Å²) >= 11 is 0. The summed E-state index contributed by atoms with van der Waals surface area (Å²) in [5.74, 6) is -0.502. The molecule has 1 aromatic carbocycles. The molecule has 0 amide bonds. The predicted molar refractivity (Wildman–Crippen MR) is 116 cm³/mol. The van der Waals surface area contributed by atoms with Crippen LogP contribution in [-0.4, -0.2) is 48.3 Å². The minimum Gasteiger partial charge on any atom is -0.319 e. The molecule has 0 bridgehead atoms. The van der Waals surface area contributed by atoms with Crippen LogP contribution in [0.25, 0.3) is 33.6 Å². The number of aromatic nitrogens is 7. The summed E-state index contributed by atoms with van der Waals surface area (Å²) in [5, 5.41) is 8.66. The van der Waals surface area contributed by atoms with E-state index in [9.17, 15) is 8.96 Å². The molecule has 0 radical (unpaired) electrons. The van der Waals surface area contributed by atoms with Gasteiger partial charge in [0.05, 0.1) is 35.2 Å². The third-order valence-corrected chi connectivity index (χ3v) is 6.43. The van der Waals surface area contributed by atoms with Gasteiger partial charge in [-0.25, -0.2) is 24.0 Å². The maximum absolute atomic E-state index is 14.7. The standard InChI is InChI=1S/C21H17FN7OP/c1-31(2,30)14-6-7-15(16(22)10-14)19-11-24-20-21(26-19)29(28-27-20)12-13-5-8-17-18(25-13)4-3-9-23-17/h3-11H,12H2,1-2H3. The Kier molecular flexibility index (Phi) is 4.55. The fourth-order valence-electron chi connectivity index (χ4n) is 3.28. The van der Waals surface area contributed by atoms with Crippen LogP contribution in [0.5, 0.6) is 0 Å². The molecule has 4 heterocycles. The van der Waals surface area contributed by atoms with E-state index in [2.05, 4.69) is 30.2 Å². The van der Waals surface area contributed by atoms with Crippen molar-refractivity contribution < 1.29 is 8.96 Å². The third-order valence-electron chi connectivity index (χ3n) is 4.90. The normalized spacial score (nSPS) is 12.0. The topological polar surface area (TPSA) is 99.3 Å². The highest BCUT2D eigenvalue weighted by molar-refractivity contribution is 7.70. The number of halogens is 1. The molecule has 0 saturated heterocycles. The molecule has 4 aromatic heterocycles. The molecule has 10 heteroatoms. The fourth-order valence-corrected chi connectivity index (χ4v) is 4.14. The summed E-state index contributed by atoms with van der Waals surface area (Å²) in [6, 6.07) is 12.0. The summed E-state index contributed by atoms with van der Waals surface area (Å²) < 4.78 is 28.6. The van der Waals surface area contributed by atoms with Crippen molar-refractivity contribution in [3.8, 4) is 11.3 Å². The monoisotopic (exact) mass is 433 g/mol. The minimum atomic E-state index is -2.56. The van der Waals surface area contributed by atoms with Gasteiger partial charge >= 0.3 is 0 Å². The zero-order valence-electron chi connectivity index (χ0n) is 16.8. The van der Waals surface area contributed by atoms with Crippen molar-refractivity contribution in [2.24, 2.45) is 0 Å². The summed E-state index contributed by atoms with van der Waals surface area (Å²) in [6.45, 7) is 3.54. The van der Waals surface area contributed by atoms with Crippen LogP contribution in [0, 0.1) is 5.82 Å². The van der Waals surface area contributed by atoms with Crippen molar-refractivity contribution in [2.75, 3.05) is 13.3 Å². The minimum absolute atomic E-state index is 0.272. The van der Waals surface area contributed by atoms with Crippen LogP contribution in [0.3, 0.4) is 0 Å². The number of nitrogens with zero attached hydrogens (tertiary/aromatic N) is 7. The Hall–Kier alpha value is -3.58. The van der Waals surface area contributed by atoms with Crippen LogP contribution in [0.2, 0.25) is 0 Å². The molecule has 0 spiro atoms. The van der Waals surface area contributed by atoms with E-state index in [4.69, 9.17) is 0 Å². The quantitative estimate of drug-likeness (QED) is 0.401. The van der Waals surface area contributed by atoms with Crippen molar-refractivity contribution in [3.05, 3.63) is 66.4 Å². The smallest absolute Gasteiger partial charge is 0.221 e. The van der Waals surface area contributed by atoms with Crippen molar-refractivity contribution in [1.82, 2.24) is 34.9 Å². The molecular weight excluding hydrogens is 416 g/mol. The van der Waals surface area contributed by atoms with Gasteiger partial charge in [0.25, 0.3) is 0 Å². The van der Waals surface area contributed by atoms with E-state index in [0.717, 1.165) is 16.7 Å². The van der Waals surface area contributed by atoms with Gasteiger partial charge in [0.2, 0.25) is 5.65 Å². The lowest BCUT2D eigenvalue weighted by Gasteiger charge is -2.09. The average molecular weight is 433 g/mol. The summed E-state index contributed by atoms with van der Waals surface area (Å²) in [6.07, 6.45) is 3.17. The first-order valence-electron chi connectivity index (χ1n) is 9.51. The molecule has 0 atom stereocenters. The zero-order chi connectivity index (χ0) is 21.6. The highest BCUT2D eigenvalue weighted by Gasteiger charge is 2.17. The number of fused-ring (bicyclic) bond motifs is 2. The average Bonchev–Trinajstić information content (AvgIpc) is 3.15. The van der Waals surface area contributed by atoms with Gasteiger partial charge in [0.1, 0.15) is 13.0 Å². The van der Waals surface area contributed by atoms with Gasteiger partial charge in [-0.3, -0.25) is 4.98 Å². The number of rotatable bonds is 4. The number of benzene rings is 1. The van der Waals surface area contributed by atoms with Crippen LogP contribution >= 0.6 is 7.14 Å². The molecule has 0 saturated carbocycles. The van der Waals surface area contributed by atoms with Crippen molar-refractivity contribution in [1.29, 1.82) is 0 Å². The van der Waals surface area contributed by atoms with Crippen LogP contribution in [0.1, 0.15) is 5.69 Å². The molecule has 8 nitrogen and oxygen atoms in total. The number of hydrogen-bond donors (Lipinski definition) is 0. The van der Waals surface area contributed by atoms with Crippen molar-refractivity contribution in [3.63, 3.8) is 0 Å². The van der Waals surface area contributed by atoms with Crippen LogP contribution in [-0.2, 0) is 11.1 Å². The predicted octanol–water partition coefficient (Wildman–Crippen LogP) is 3.27. The first-order valence-corrected chi connectivity index (χ1v) is 12.1. The second-order valence-corrected chi connectivity index (χ2v) is 10.7. The van der Waals surface area contributed by atoms with Crippen LogP contribution < -0.4 is 5.30 Å². The lowest BCUT2D eigenvalue weighted by Crippen LogP contribution is -2.06. The van der Waals surface area contributed by atoms with E-state index in [-0.39, 0.29) is 5.56 Å². The van der Waals surface area contributed by atoms with Gasteiger partial charge in [0, 0.05) is 17.1 Å². The number of pyridine rings is 2. The van der Waals surface area contributed by atoms with Gasteiger partial charge in [-0.2, -0.15) is 0 Å². The van der Waals surface area contributed by atoms with E-state index in [1.54, 1.807) is 36.3 Å². The summed E-state index contributed by atoms with van der Waals surface area (Å²) in [7, 11) is -2.56. The Morgan fingerprint density at radius 3 is 2.71 bits per heavy atom. The van der Waals surface area contributed by atoms with E-state index in [0.29, 0.717) is 28.8 Å².